The minimum atomic E-state index is 0.137. The van der Waals surface area contributed by atoms with E-state index in [4.69, 9.17) is 0 Å². The van der Waals surface area contributed by atoms with Gasteiger partial charge in [0.25, 0.3) is 0 Å². The van der Waals surface area contributed by atoms with Crippen molar-refractivity contribution in [3.8, 4) is 0 Å². The first-order chi connectivity index (χ1) is 9.56. The standard InChI is InChI=1S/C16H17BrN2O/c1-19(2)18-10-9-13-5-6-14(16(13)20)11-12-3-7-15(17)8-4-12/h3-4,7-11H,5-6H2,1-2H3/b13-9+,14-11+,18-10-. The topological polar surface area (TPSA) is 32.7 Å². The van der Waals surface area contributed by atoms with E-state index in [-0.39, 0.29) is 5.78 Å². The van der Waals surface area contributed by atoms with Crippen LogP contribution in [0.3, 0.4) is 0 Å². The molecule has 0 unspecified atom stereocenters. The summed E-state index contributed by atoms with van der Waals surface area (Å²) in [5, 5.41) is 5.80. The highest BCUT2D eigenvalue weighted by Gasteiger charge is 2.22. The van der Waals surface area contributed by atoms with E-state index in [1.807, 2.05) is 50.5 Å². The monoisotopic (exact) mass is 332 g/mol. The number of carbonyl (C=O) groups is 1. The molecule has 0 N–H and O–H groups in total. The number of benzene rings is 1. The van der Waals surface area contributed by atoms with Crippen molar-refractivity contribution in [2.75, 3.05) is 14.1 Å². The van der Waals surface area contributed by atoms with Crippen LogP contribution in [0.25, 0.3) is 6.08 Å². The minimum Gasteiger partial charge on any atom is -0.303 e. The maximum atomic E-state index is 12.2. The Labute approximate surface area is 127 Å². The summed E-state index contributed by atoms with van der Waals surface area (Å²) < 4.78 is 1.04. The van der Waals surface area contributed by atoms with Crippen molar-refractivity contribution in [1.29, 1.82) is 0 Å². The van der Waals surface area contributed by atoms with E-state index in [2.05, 4.69) is 21.0 Å². The number of nitrogens with zero attached hydrogens (tertiary/aromatic N) is 2. The maximum absolute atomic E-state index is 12.2. The van der Waals surface area contributed by atoms with Gasteiger partial charge < -0.3 is 5.01 Å². The fourth-order valence-corrected chi connectivity index (χ4v) is 2.28. The van der Waals surface area contributed by atoms with Gasteiger partial charge in [0.2, 0.25) is 0 Å². The van der Waals surface area contributed by atoms with E-state index in [0.29, 0.717) is 0 Å². The van der Waals surface area contributed by atoms with Crippen LogP contribution in [0.15, 0.2) is 51.1 Å². The summed E-state index contributed by atoms with van der Waals surface area (Å²) in [5.41, 5.74) is 2.76. The fraction of sp³-hybridized carbons (Fsp3) is 0.250. The number of Topliss-reactive ketones (excluding diaryl/α,β-unsaturated/α-hetero) is 1. The molecule has 1 aromatic rings. The summed E-state index contributed by atoms with van der Waals surface area (Å²) in [6.07, 6.45) is 7.05. The van der Waals surface area contributed by atoms with Crippen molar-refractivity contribution in [2.24, 2.45) is 5.10 Å². The van der Waals surface area contributed by atoms with Crippen molar-refractivity contribution >= 4 is 34.0 Å². The van der Waals surface area contributed by atoms with Crippen LogP contribution in [0.2, 0.25) is 0 Å². The number of halogens is 1. The van der Waals surface area contributed by atoms with E-state index < -0.39 is 0 Å². The SMILES string of the molecule is CN(C)/N=C\C=C1/CC/C(=C\c2ccc(Br)cc2)C1=O. The molecular formula is C16H17BrN2O. The number of hydrogen-bond acceptors (Lipinski definition) is 3. The predicted octanol–water partition coefficient (Wildman–Crippen LogP) is 3.67. The Morgan fingerprint density at radius 1 is 1.15 bits per heavy atom. The first kappa shape index (κ1) is 14.7. The number of rotatable bonds is 3. The molecule has 1 saturated carbocycles. The molecule has 0 bridgehead atoms. The number of ketones is 1. The maximum Gasteiger partial charge on any atom is 0.185 e. The van der Waals surface area contributed by atoms with Gasteiger partial charge in [-0.3, -0.25) is 4.79 Å². The van der Waals surface area contributed by atoms with E-state index in [1.165, 1.54) is 0 Å². The summed E-state index contributed by atoms with van der Waals surface area (Å²) >= 11 is 3.40. The molecule has 0 amide bonds. The average molecular weight is 333 g/mol. The first-order valence-corrected chi connectivity index (χ1v) is 7.27. The first-order valence-electron chi connectivity index (χ1n) is 6.47. The van der Waals surface area contributed by atoms with Crippen molar-refractivity contribution < 1.29 is 4.79 Å². The van der Waals surface area contributed by atoms with Gasteiger partial charge in [0.1, 0.15) is 0 Å². The molecule has 2 rings (SSSR count). The van der Waals surface area contributed by atoms with E-state index >= 15 is 0 Å². The summed E-state index contributed by atoms with van der Waals surface area (Å²) in [6, 6.07) is 7.96. The van der Waals surface area contributed by atoms with Gasteiger partial charge >= 0.3 is 0 Å². The van der Waals surface area contributed by atoms with E-state index in [1.54, 1.807) is 11.2 Å². The van der Waals surface area contributed by atoms with Crippen LogP contribution in [-0.2, 0) is 4.79 Å². The zero-order chi connectivity index (χ0) is 14.5. The van der Waals surface area contributed by atoms with Crippen LogP contribution < -0.4 is 0 Å². The molecule has 0 aromatic heterocycles. The summed E-state index contributed by atoms with van der Waals surface area (Å²) in [5.74, 6) is 0.137. The van der Waals surface area contributed by atoms with Gasteiger partial charge in [-0.1, -0.05) is 28.1 Å². The highest BCUT2D eigenvalue weighted by molar-refractivity contribution is 9.10. The molecule has 3 nitrogen and oxygen atoms in total. The van der Waals surface area contributed by atoms with Crippen LogP contribution in [0, 0.1) is 0 Å². The van der Waals surface area contributed by atoms with Crippen LogP contribution >= 0.6 is 15.9 Å². The Kier molecular flexibility index (Phi) is 4.90. The van der Waals surface area contributed by atoms with E-state index in [0.717, 1.165) is 34.0 Å². The van der Waals surface area contributed by atoms with Crippen molar-refractivity contribution in [2.45, 2.75) is 12.8 Å². The Morgan fingerprint density at radius 3 is 2.45 bits per heavy atom. The third kappa shape index (κ3) is 3.90. The van der Waals surface area contributed by atoms with E-state index in [9.17, 15) is 4.79 Å². The number of hydrogen-bond donors (Lipinski definition) is 0. The normalized spacial score (nSPS) is 19.4. The van der Waals surface area contributed by atoms with Gasteiger partial charge in [0.05, 0.1) is 0 Å². The lowest BCUT2D eigenvalue weighted by atomic mass is 10.1. The van der Waals surface area contributed by atoms with Gasteiger partial charge in [-0.25, -0.2) is 0 Å². The molecule has 1 fully saturated rings. The third-order valence-electron chi connectivity index (χ3n) is 3.03. The minimum absolute atomic E-state index is 0.137. The lowest BCUT2D eigenvalue weighted by Crippen LogP contribution is -2.01. The van der Waals surface area contributed by atoms with Crippen molar-refractivity contribution in [3.63, 3.8) is 0 Å². The van der Waals surface area contributed by atoms with Crippen LogP contribution in [0.5, 0.6) is 0 Å². The van der Waals surface area contributed by atoms with Crippen molar-refractivity contribution in [3.05, 3.63) is 51.5 Å². The zero-order valence-corrected chi connectivity index (χ0v) is 13.2. The highest BCUT2D eigenvalue weighted by Crippen LogP contribution is 2.27. The van der Waals surface area contributed by atoms with Gasteiger partial charge in [0.15, 0.2) is 5.78 Å². The lowest BCUT2D eigenvalue weighted by molar-refractivity contribution is -0.111. The van der Waals surface area contributed by atoms with Crippen LogP contribution in [0.1, 0.15) is 18.4 Å². The molecule has 0 saturated heterocycles. The number of allylic oxidation sites excluding steroid dienone is 3. The Hall–Kier alpha value is -1.68. The Bertz CT molecular complexity index is 583. The lowest BCUT2D eigenvalue weighted by Gasteiger charge is -2.00. The van der Waals surface area contributed by atoms with Gasteiger partial charge in [-0.2, -0.15) is 5.10 Å². The molecule has 1 aliphatic carbocycles. The van der Waals surface area contributed by atoms with Crippen molar-refractivity contribution in [1.82, 2.24) is 5.01 Å². The molecule has 1 aliphatic rings. The fourth-order valence-electron chi connectivity index (χ4n) is 2.02. The van der Waals surface area contributed by atoms with Gasteiger partial charge in [-0.05, 0) is 42.7 Å². The summed E-state index contributed by atoms with van der Waals surface area (Å²) in [4.78, 5) is 12.2. The Balaban J connectivity index is 2.13. The molecule has 1 aromatic carbocycles. The molecule has 20 heavy (non-hydrogen) atoms. The molecule has 4 heteroatoms. The second-order valence-corrected chi connectivity index (χ2v) is 5.77. The summed E-state index contributed by atoms with van der Waals surface area (Å²) in [6.45, 7) is 0. The van der Waals surface area contributed by atoms with Gasteiger partial charge in [0, 0.05) is 35.9 Å². The third-order valence-corrected chi connectivity index (χ3v) is 3.56. The molecule has 104 valence electrons. The molecule has 0 aliphatic heterocycles. The average Bonchev–Trinajstić information content (AvgIpc) is 2.74. The second-order valence-electron chi connectivity index (χ2n) is 4.85. The summed E-state index contributed by atoms with van der Waals surface area (Å²) in [7, 11) is 3.70. The van der Waals surface area contributed by atoms with Gasteiger partial charge in [-0.15, -0.1) is 0 Å². The molecule has 0 radical (unpaired) electrons. The largest absolute Gasteiger partial charge is 0.303 e. The van der Waals surface area contributed by atoms with Crippen LogP contribution in [0.4, 0.5) is 0 Å². The second kappa shape index (κ2) is 6.66. The molecule has 0 heterocycles. The Morgan fingerprint density at radius 2 is 1.80 bits per heavy atom. The molecular weight excluding hydrogens is 316 g/mol. The number of carbonyl (C=O) groups excluding carboxylic acids is 1. The van der Waals surface area contributed by atoms with Crippen LogP contribution in [-0.4, -0.2) is 31.1 Å². The zero-order valence-electron chi connectivity index (χ0n) is 11.6. The molecule has 0 spiro atoms. The predicted molar refractivity (Wildman–Crippen MR) is 86.6 cm³/mol. The number of hydrazone groups is 1. The quantitative estimate of drug-likeness (QED) is 0.480. The smallest absolute Gasteiger partial charge is 0.185 e. The highest BCUT2D eigenvalue weighted by atomic mass is 79.9. The molecule has 0 atom stereocenters.